The Kier molecular flexibility index (Phi) is 4.78. The predicted molar refractivity (Wildman–Crippen MR) is 86.0 cm³/mol. The number of rotatable bonds is 4. The molecule has 0 spiro atoms. The molecule has 0 radical (unpaired) electrons. The monoisotopic (exact) mass is 317 g/mol. The molecule has 1 aliphatic rings. The first-order valence-electron chi connectivity index (χ1n) is 7.27. The van der Waals surface area contributed by atoms with E-state index in [1.165, 1.54) is 12.1 Å². The van der Waals surface area contributed by atoms with Gasteiger partial charge in [0.2, 0.25) is 0 Å². The number of nitro benzene ring substituents is 1. The maximum Gasteiger partial charge on any atom is 0.337 e. The lowest BCUT2D eigenvalue weighted by molar-refractivity contribution is -0.384. The molecule has 122 valence electrons. The van der Waals surface area contributed by atoms with Gasteiger partial charge in [-0.2, -0.15) is 5.10 Å². The molecule has 1 heterocycles. The summed E-state index contributed by atoms with van der Waals surface area (Å²) in [5, 5.41) is 15.2. The zero-order chi connectivity index (χ0) is 17.1. The number of nitro groups is 1. The Morgan fingerprint density at radius 3 is 2.70 bits per heavy atom. The van der Waals surface area contributed by atoms with Gasteiger partial charge in [-0.15, -0.1) is 0 Å². The molecule has 1 unspecified atom stereocenters. The largest absolute Gasteiger partial charge is 0.460 e. The van der Waals surface area contributed by atoms with Gasteiger partial charge in [-0.05, 0) is 33.3 Å². The molecular formula is C16H19N3O4. The van der Waals surface area contributed by atoms with Crippen molar-refractivity contribution in [3.63, 3.8) is 0 Å². The number of carbonyl (C=O) groups excluding carboxylic acids is 1. The zero-order valence-electron chi connectivity index (χ0n) is 13.5. The number of esters is 1. The number of benzene rings is 1. The van der Waals surface area contributed by atoms with E-state index in [9.17, 15) is 14.9 Å². The first-order chi connectivity index (χ1) is 10.8. The highest BCUT2D eigenvalue weighted by molar-refractivity contribution is 6.04. The molecule has 7 heteroatoms. The number of hydrazone groups is 1. The molecule has 0 aliphatic carbocycles. The van der Waals surface area contributed by atoms with Crippen LogP contribution in [0.3, 0.4) is 0 Å². The molecule has 2 rings (SSSR count). The van der Waals surface area contributed by atoms with E-state index >= 15 is 0 Å². The number of hydrogen-bond acceptors (Lipinski definition) is 6. The molecule has 1 N–H and O–H groups in total. The molecule has 1 aliphatic heterocycles. The minimum Gasteiger partial charge on any atom is -0.460 e. The van der Waals surface area contributed by atoms with Crippen LogP contribution in [0, 0.1) is 10.1 Å². The van der Waals surface area contributed by atoms with Crippen molar-refractivity contribution in [2.45, 2.75) is 39.7 Å². The van der Waals surface area contributed by atoms with Gasteiger partial charge in [0, 0.05) is 23.5 Å². The molecule has 1 atom stereocenters. The number of nitrogens with zero attached hydrogens (tertiary/aromatic N) is 2. The molecule has 7 nitrogen and oxygen atoms in total. The summed E-state index contributed by atoms with van der Waals surface area (Å²) in [5.74, 6) is -0.918. The second-order valence-corrected chi connectivity index (χ2v) is 5.64. The lowest BCUT2D eigenvalue weighted by Gasteiger charge is -2.26. The number of ether oxygens (including phenoxy) is 1. The third-order valence-electron chi connectivity index (χ3n) is 3.49. The fourth-order valence-corrected chi connectivity index (χ4v) is 2.50. The smallest absolute Gasteiger partial charge is 0.337 e. The normalized spacial score (nSPS) is 17.6. The van der Waals surface area contributed by atoms with Crippen LogP contribution in [0.15, 0.2) is 40.6 Å². The number of allylic oxidation sites excluding steroid dienone is 1. The molecule has 23 heavy (non-hydrogen) atoms. The molecule has 1 aromatic rings. The van der Waals surface area contributed by atoms with Crippen LogP contribution in [0.5, 0.6) is 0 Å². The molecule has 0 fully saturated rings. The lowest BCUT2D eigenvalue weighted by atomic mass is 9.85. The maximum atomic E-state index is 12.5. The number of nitrogens with one attached hydrogen (secondary N) is 1. The molecular weight excluding hydrogens is 298 g/mol. The van der Waals surface area contributed by atoms with Crippen molar-refractivity contribution in [3.8, 4) is 0 Å². The number of non-ortho nitro benzene ring substituents is 1. The van der Waals surface area contributed by atoms with Crippen LogP contribution in [0.1, 0.15) is 39.2 Å². The van der Waals surface area contributed by atoms with E-state index in [-0.39, 0.29) is 11.8 Å². The summed E-state index contributed by atoms with van der Waals surface area (Å²) < 4.78 is 5.31. The van der Waals surface area contributed by atoms with Gasteiger partial charge in [-0.3, -0.25) is 15.5 Å². The summed E-state index contributed by atoms with van der Waals surface area (Å²) in [7, 11) is 0. The van der Waals surface area contributed by atoms with Gasteiger partial charge in [-0.25, -0.2) is 4.79 Å². The highest BCUT2D eigenvalue weighted by Crippen LogP contribution is 2.33. The van der Waals surface area contributed by atoms with Gasteiger partial charge >= 0.3 is 5.97 Å². The van der Waals surface area contributed by atoms with Crippen molar-refractivity contribution in [1.82, 2.24) is 5.43 Å². The van der Waals surface area contributed by atoms with Crippen LogP contribution >= 0.6 is 0 Å². The van der Waals surface area contributed by atoms with Crippen LogP contribution in [-0.2, 0) is 9.53 Å². The van der Waals surface area contributed by atoms with Crippen LogP contribution in [0.2, 0.25) is 0 Å². The van der Waals surface area contributed by atoms with Crippen molar-refractivity contribution in [2.24, 2.45) is 5.10 Å². The first-order valence-corrected chi connectivity index (χ1v) is 7.27. The molecule has 0 saturated carbocycles. The summed E-state index contributed by atoms with van der Waals surface area (Å²) in [6.07, 6.45) is -0.257. The highest BCUT2D eigenvalue weighted by atomic mass is 16.6. The topological polar surface area (TPSA) is 93.8 Å². The third-order valence-corrected chi connectivity index (χ3v) is 3.49. The Morgan fingerprint density at radius 1 is 1.39 bits per heavy atom. The van der Waals surface area contributed by atoms with Crippen molar-refractivity contribution in [1.29, 1.82) is 0 Å². The zero-order valence-corrected chi connectivity index (χ0v) is 13.5. The standard InChI is InChI=1S/C16H19N3O4/c1-9(2)23-16(20)15-11(4)18-17-10(3)14(15)12-6-5-7-13(8-12)19(21)22/h5-9,14,18H,1-4H3. The average molecular weight is 317 g/mol. The lowest BCUT2D eigenvalue weighted by Crippen LogP contribution is -2.30. The fraction of sp³-hybridized carbons (Fsp3) is 0.375. The van der Waals surface area contributed by atoms with Crippen LogP contribution in [-0.4, -0.2) is 22.7 Å². The quantitative estimate of drug-likeness (QED) is 0.523. The number of carbonyl (C=O) groups is 1. The van der Waals surface area contributed by atoms with E-state index < -0.39 is 16.8 Å². The fourth-order valence-electron chi connectivity index (χ4n) is 2.50. The van der Waals surface area contributed by atoms with E-state index in [1.807, 2.05) is 0 Å². The van der Waals surface area contributed by atoms with Crippen LogP contribution < -0.4 is 5.43 Å². The summed E-state index contributed by atoms with van der Waals surface area (Å²) in [4.78, 5) is 23.0. The van der Waals surface area contributed by atoms with Crippen molar-refractivity contribution in [2.75, 3.05) is 0 Å². The van der Waals surface area contributed by atoms with E-state index in [4.69, 9.17) is 4.74 Å². The molecule has 0 bridgehead atoms. The first kappa shape index (κ1) is 16.7. The van der Waals surface area contributed by atoms with E-state index in [1.54, 1.807) is 39.8 Å². The predicted octanol–water partition coefficient (Wildman–Crippen LogP) is 2.88. The minimum atomic E-state index is -0.470. The maximum absolute atomic E-state index is 12.5. The van der Waals surface area contributed by atoms with Gasteiger partial charge < -0.3 is 4.74 Å². The summed E-state index contributed by atoms with van der Waals surface area (Å²) >= 11 is 0. The molecule has 1 aromatic carbocycles. The summed E-state index contributed by atoms with van der Waals surface area (Å²) in [5.41, 5.74) is 5.07. The SMILES string of the molecule is CC1=NNC(C)=C(C(=O)OC(C)C)C1c1cccc([N+](=O)[O-])c1. The Hall–Kier alpha value is -2.70. The third kappa shape index (κ3) is 3.56. The summed E-state index contributed by atoms with van der Waals surface area (Å²) in [6, 6.07) is 6.23. The van der Waals surface area contributed by atoms with Gasteiger partial charge in [0.1, 0.15) is 0 Å². The van der Waals surface area contributed by atoms with Crippen LogP contribution in [0.4, 0.5) is 5.69 Å². The van der Waals surface area contributed by atoms with Gasteiger partial charge in [-0.1, -0.05) is 12.1 Å². The van der Waals surface area contributed by atoms with Gasteiger partial charge in [0.25, 0.3) is 5.69 Å². The van der Waals surface area contributed by atoms with E-state index in [0.717, 1.165) is 0 Å². The summed E-state index contributed by atoms with van der Waals surface area (Å²) in [6.45, 7) is 7.05. The Labute approximate surface area is 134 Å². The van der Waals surface area contributed by atoms with Crippen molar-refractivity contribution in [3.05, 3.63) is 51.2 Å². The van der Waals surface area contributed by atoms with Crippen LogP contribution in [0.25, 0.3) is 0 Å². The Bertz CT molecular complexity index is 707. The molecule has 0 aromatic heterocycles. The molecule has 0 amide bonds. The Balaban J connectivity index is 2.49. The van der Waals surface area contributed by atoms with Crippen molar-refractivity contribution < 1.29 is 14.5 Å². The van der Waals surface area contributed by atoms with Gasteiger partial charge in [0.05, 0.1) is 22.5 Å². The number of hydrogen-bond donors (Lipinski definition) is 1. The second kappa shape index (κ2) is 6.60. The van der Waals surface area contributed by atoms with E-state index in [0.29, 0.717) is 22.5 Å². The van der Waals surface area contributed by atoms with E-state index in [2.05, 4.69) is 10.5 Å². The second-order valence-electron chi connectivity index (χ2n) is 5.64. The average Bonchev–Trinajstić information content (AvgIpc) is 2.48. The van der Waals surface area contributed by atoms with Gasteiger partial charge in [0.15, 0.2) is 0 Å². The minimum absolute atomic E-state index is 0.0249. The molecule has 0 saturated heterocycles. The highest BCUT2D eigenvalue weighted by Gasteiger charge is 2.32. The van der Waals surface area contributed by atoms with Crippen molar-refractivity contribution >= 4 is 17.4 Å². The Morgan fingerprint density at radius 2 is 2.09 bits per heavy atom.